The minimum atomic E-state index is -0.132. The second-order valence-corrected chi connectivity index (χ2v) is 10.5. The molecule has 0 aliphatic heterocycles. The number of hydrogen-bond acceptors (Lipinski definition) is 8. The van der Waals surface area contributed by atoms with E-state index in [2.05, 4.69) is 25.6 Å². The molecule has 0 bridgehead atoms. The Balaban J connectivity index is 1.19. The predicted octanol–water partition coefficient (Wildman–Crippen LogP) is 5.28. The predicted molar refractivity (Wildman–Crippen MR) is 130 cm³/mol. The van der Waals surface area contributed by atoms with E-state index in [0.717, 1.165) is 26.8 Å². The van der Waals surface area contributed by atoms with Gasteiger partial charge < -0.3 is 5.32 Å². The third-order valence-electron chi connectivity index (χ3n) is 4.40. The van der Waals surface area contributed by atoms with Crippen molar-refractivity contribution in [1.82, 2.24) is 24.8 Å². The van der Waals surface area contributed by atoms with Crippen LogP contribution in [-0.2, 0) is 11.2 Å². The van der Waals surface area contributed by atoms with Crippen LogP contribution in [0.2, 0.25) is 5.02 Å². The molecule has 0 atom stereocenters. The second kappa shape index (κ2) is 9.37. The first-order valence-corrected chi connectivity index (χ1v) is 12.5. The Kier molecular flexibility index (Phi) is 6.17. The quantitative estimate of drug-likeness (QED) is 0.307. The smallest absolute Gasteiger partial charge is 0.236 e. The highest BCUT2D eigenvalue weighted by Crippen LogP contribution is 2.28. The maximum atomic E-state index is 12.4. The standard InChI is InChI=1S/C21H15ClN6OS3/c22-15-8-4-5-13(9-15)10-16-11-23-19(31-16)24-17(29)12-30-21-27-28-18(25-26-20(28)32-21)14-6-2-1-3-7-14/h1-9,11H,10,12H2,(H,23,24,29). The van der Waals surface area contributed by atoms with E-state index in [1.165, 1.54) is 34.4 Å². The zero-order valence-corrected chi connectivity index (χ0v) is 19.6. The van der Waals surface area contributed by atoms with Crippen molar-refractivity contribution in [3.63, 3.8) is 0 Å². The largest absolute Gasteiger partial charge is 0.301 e. The first kappa shape index (κ1) is 21.1. The molecule has 11 heteroatoms. The SMILES string of the molecule is O=C(CSc1nn2c(-c3ccccc3)nnc2s1)Nc1ncc(Cc2cccc(Cl)c2)s1. The van der Waals surface area contributed by atoms with Crippen LogP contribution in [0.25, 0.3) is 16.3 Å². The summed E-state index contributed by atoms with van der Waals surface area (Å²) in [4.78, 5) is 18.5. The number of nitrogens with zero attached hydrogens (tertiary/aromatic N) is 5. The monoisotopic (exact) mass is 498 g/mol. The molecule has 0 radical (unpaired) electrons. The fourth-order valence-electron chi connectivity index (χ4n) is 3.00. The zero-order chi connectivity index (χ0) is 21.9. The van der Waals surface area contributed by atoms with Gasteiger partial charge in [0.25, 0.3) is 0 Å². The molecule has 0 fully saturated rings. The Morgan fingerprint density at radius 3 is 2.81 bits per heavy atom. The molecule has 0 aliphatic rings. The van der Waals surface area contributed by atoms with Gasteiger partial charge in [-0.15, -0.1) is 26.6 Å². The minimum Gasteiger partial charge on any atom is -0.301 e. The van der Waals surface area contributed by atoms with Crippen LogP contribution < -0.4 is 5.32 Å². The number of carbonyl (C=O) groups excluding carboxylic acids is 1. The number of carbonyl (C=O) groups is 1. The van der Waals surface area contributed by atoms with E-state index in [-0.39, 0.29) is 11.7 Å². The highest BCUT2D eigenvalue weighted by Gasteiger charge is 2.15. The molecule has 0 saturated heterocycles. The number of hydrogen-bond donors (Lipinski definition) is 1. The lowest BCUT2D eigenvalue weighted by molar-refractivity contribution is -0.113. The van der Waals surface area contributed by atoms with Crippen LogP contribution in [0.1, 0.15) is 10.4 Å². The molecule has 0 spiro atoms. The number of benzene rings is 2. The van der Waals surface area contributed by atoms with Crippen LogP contribution in [0.5, 0.6) is 0 Å². The van der Waals surface area contributed by atoms with Crippen LogP contribution in [0, 0.1) is 0 Å². The van der Waals surface area contributed by atoms with Crippen LogP contribution in [0.15, 0.2) is 65.1 Å². The molecule has 0 saturated carbocycles. The Labute approximate surface area is 200 Å². The van der Waals surface area contributed by atoms with Gasteiger partial charge in [0.15, 0.2) is 15.3 Å². The normalized spacial score (nSPS) is 11.2. The molecule has 0 unspecified atom stereocenters. The van der Waals surface area contributed by atoms with Crippen molar-refractivity contribution in [2.75, 3.05) is 11.1 Å². The number of halogens is 1. The summed E-state index contributed by atoms with van der Waals surface area (Å²) >= 11 is 10.3. The first-order chi connectivity index (χ1) is 15.6. The maximum Gasteiger partial charge on any atom is 0.236 e. The van der Waals surface area contributed by atoms with E-state index < -0.39 is 0 Å². The van der Waals surface area contributed by atoms with E-state index in [4.69, 9.17) is 11.6 Å². The topological polar surface area (TPSA) is 85.1 Å². The average Bonchev–Trinajstić information content (AvgIpc) is 3.49. The van der Waals surface area contributed by atoms with Gasteiger partial charge in [-0.1, -0.05) is 77.2 Å². The summed E-state index contributed by atoms with van der Waals surface area (Å²) in [6.45, 7) is 0. The van der Waals surface area contributed by atoms with Crippen LogP contribution in [-0.4, -0.2) is 36.5 Å². The van der Waals surface area contributed by atoms with Gasteiger partial charge in [-0.05, 0) is 17.7 Å². The molecule has 2 aromatic carbocycles. The Morgan fingerprint density at radius 2 is 1.97 bits per heavy atom. The molecule has 1 N–H and O–H groups in total. The van der Waals surface area contributed by atoms with Crippen molar-refractivity contribution in [2.45, 2.75) is 10.8 Å². The van der Waals surface area contributed by atoms with Crippen molar-refractivity contribution < 1.29 is 4.79 Å². The number of aromatic nitrogens is 5. The number of rotatable bonds is 7. The van der Waals surface area contributed by atoms with Gasteiger partial charge in [0.05, 0.1) is 5.75 Å². The second-order valence-electron chi connectivity index (χ2n) is 6.73. The maximum absolute atomic E-state index is 12.4. The molecular weight excluding hydrogens is 484 g/mol. The minimum absolute atomic E-state index is 0.132. The third kappa shape index (κ3) is 4.83. The van der Waals surface area contributed by atoms with Gasteiger partial charge in [0, 0.05) is 28.1 Å². The van der Waals surface area contributed by atoms with Crippen LogP contribution in [0.4, 0.5) is 5.13 Å². The van der Waals surface area contributed by atoms with Gasteiger partial charge in [0.1, 0.15) is 0 Å². The molecule has 5 aromatic rings. The highest BCUT2D eigenvalue weighted by atomic mass is 35.5. The molecule has 32 heavy (non-hydrogen) atoms. The summed E-state index contributed by atoms with van der Waals surface area (Å²) in [6, 6.07) is 17.5. The van der Waals surface area contributed by atoms with Gasteiger partial charge in [-0.2, -0.15) is 4.52 Å². The third-order valence-corrected chi connectivity index (χ3v) is 7.58. The number of thioether (sulfide) groups is 1. The molecule has 3 heterocycles. The highest BCUT2D eigenvalue weighted by molar-refractivity contribution is 8.01. The Hall–Kier alpha value is -2.79. The molecule has 7 nitrogen and oxygen atoms in total. The summed E-state index contributed by atoms with van der Waals surface area (Å²) in [5.41, 5.74) is 2.05. The van der Waals surface area contributed by atoms with E-state index in [0.29, 0.717) is 20.9 Å². The molecule has 0 aliphatic carbocycles. The van der Waals surface area contributed by atoms with Crippen LogP contribution >= 0.6 is 46.0 Å². The number of anilines is 1. The summed E-state index contributed by atoms with van der Waals surface area (Å²) in [5, 5.41) is 17.1. The molecular formula is C21H15ClN6OS3. The lowest BCUT2D eigenvalue weighted by atomic mass is 10.1. The lowest BCUT2D eigenvalue weighted by Gasteiger charge is -2.00. The fourth-order valence-corrected chi connectivity index (χ4v) is 5.75. The Bertz CT molecular complexity index is 1380. The van der Waals surface area contributed by atoms with Crippen molar-refractivity contribution in [2.24, 2.45) is 0 Å². The van der Waals surface area contributed by atoms with E-state index >= 15 is 0 Å². The molecule has 160 valence electrons. The summed E-state index contributed by atoms with van der Waals surface area (Å²) in [6.07, 6.45) is 2.50. The number of amides is 1. The Morgan fingerprint density at radius 1 is 1.09 bits per heavy atom. The molecule has 1 amide bonds. The summed E-state index contributed by atoms with van der Waals surface area (Å²) in [5.74, 6) is 0.782. The summed E-state index contributed by atoms with van der Waals surface area (Å²) < 4.78 is 2.46. The zero-order valence-electron chi connectivity index (χ0n) is 16.4. The van der Waals surface area contributed by atoms with Crippen molar-refractivity contribution in [3.8, 4) is 11.4 Å². The summed E-state index contributed by atoms with van der Waals surface area (Å²) in [7, 11) is 0. The van der Waals surface area contributed by atoms with E-state index in [9.17, 15) is 4.79 Å². The van der Waals surface area contributed by atoms with E-state index in [1.54, 1.807) is 10.7 Å². The van der Waals surface area contributed by atoms with Crippen molar-refractivity contribution >= 4 is 62.0 Å². The van der Waals surface area contributed by atoms with Crippen LogP contribution in [0.3, 0.4) is 0 Å². The van der Waals surface area contributed by atoms with Gasteiger partial charge in [-0.25, -0.2) is 4.98 Å². The number of nitrogens with one attached hydrogen (secondary N) is 1. The molecule has 3 aromatic heterocycles. The van der Waals surface area contributed by atoms with Gasteiger partial charge >= 0.3 is 0 Å². The first-order valence-electron chi connectivity index (χ1n) is 9.53. The average molecular weight is 499 g/mol. The van der Waals surface area contributed by atoms with Crippen molar-refractivity contribution in [1.29, 1.82) is 0 Å². The molecule has 5 rings (SSSR count). The van der Waals surface area contributed by atoms with Crippen molar-refractivity contribution in [3.05, 3.63) is 76.3 Å². The number of fused-ring (bicyclic) bond motifs is 1. The number of thiazole rings is 1. The van der Waals surface area contributed by atoms with Gasteiger partial charge in [0.2, 0.25) is 10.9 Å². The van der Waals surface area contributed by atoms with Gasteiger partial charge in [-0.3, -0.25) is 4.79 Å². The lowest BCUT2D eigenvalue weighted by Crippen LogP contribution is -2.13. The van der Waals surface area contributed by atoms with E-state index in [1.807, 2.05) is 54.6 Å². The fraction of sp³-hybridized carbons (Fsp3) is 0.0952.